The molecule has 100 valence electrons. The lowest BCUT2D eigenvalue weighted by molar-refractivity contribution is -0.132. The maximum atomic E-state index is 10.7. The molecule has 0 atom stereocenters. The van der Waals surface area contributed by atoms with E-state index in [4.69, 9.17) is 9.84 Å². The maximum absolute atomic E-state index is 10.7. The first-order valence-corrected chi connectivity index (χ1v) is 6.32. The van der Waals surface area contributed by atoms with Gasteiger partial charge in [-0.3, -0.25) is 0 Å². The molecule has 0 radical (unpaired) electrons. The number of carboxylic acids is 1. The maximum Gasteiger partial charge on any atom is 0.331 e. The van der Waals surface area contributed by atoms with Crippen LogP contribution in [-0.4, -0.2) is 36.9 Å². The van der Waals surface area contributed by atoms with E-state index in [9.17, 15) is 4.79 Å². The molecule has 0 aromatic heterocycles. The topological polar surface area (TPSA) is 58.6 Å². The third-order valence-corrected chi connectivity index (χ3v) is 2.35. The quantitative estimate of drug-likeness (QED) is 0.456. The molecule has 0 heterocycles. The molecular weight excluding hydrogens is 218 g/mol. The van der Waals surface area contributed by atoms with Crippen molar-refractivity contribution in [2.75, 3.05) is 19.7 Å². The van der Waals surface area contributed by atoms with E-state index < -0.39 is 5.97 Å². The largest absolute Gasteiger partial charge is 0.478 e. The summed E-state index contributed by atoms with van der Waals surface area (Å²) in [5.41, 5.74) is 0.473. The molecule has 4 nitrogen and oxygen atoms in total. The lowest BCUT2D eigenvalue weighted by Gasteiger charge is -2.07. The van der Waals surface area contributed by atoms with Crippen LogP contribution in [0.4, 0.5) is 0 Å². The number of nitrogens with one attached hydrogen (secondary N) is 1. The Hall–Kier alpha value is -0.870. The summed E-state index contributed by atoms with van der Waals surface area (Å²) in [7, 11) is 0. The Labute approximate surface area is 104 Å². The molecule has 4 heteroatoms. The summed E-state index contributed by atoms with van der Waals surface area (Å²) in [6.45, 7) is 8.23. The second-order valence-electron chi connectivity index (χ2n) is 4.22. The van der Waals surface area contributed by atoms with Crippen LogP contribution in [0, 0.1) is 0 Å². The number of unbranched alkanes of at least 4 members (excludes halogenated alkanes) is 1. The minimum atomic E-state index is -0.820. The fraction of sp³-hybridized carbons (Fsp3) is 0.769. The highest BCUT2D eigenvalue weighted by Gasteiger charge is 2.02. The van der Waals surface area contributed by atoms with Crippen LogP contribution in [0.15, 0.2) is 11.6 Å². The fourth-order valence-electron chi connectivity index (χ4n) is 1.35. The SMILES string of the molecule is CCC(=CCNCCCCOC(C)C)C(=O)O. The molecular formula is C13H25NO3. The Bertz CT molecular complexity index is 237. The van der Waals surface area contributed by atoms with Gasteiger partial charge < -0.3 is 15.2 Å². The molecule has 0 fully saturated rings. The number of carboxylic acid groups (broad SMARTS) is 1. The van der Waals surface area contributed by atoms with E-state index in [1.807, 2.05) is 20.8 Å². The van der Waals surface area contributed by atoms with Crippen molar-refractivity contribution in [3.63, 3.8) is 0 Å². The zero-order chi connectivity index (χ0) is 13.1. The van der Waals surface area contributed by atoms with Crippen molar-refractivity contribution >= 4 is 5.97 Å². The van der Waals surface area contributed by atoms with E-state index in [-0.39, 0.29) is 0 Å². The zero-order valence-corrected chi connectivity index (χ0v) is 11.2. The van der Waals surface area contributed by atoms with E-state index >= 15 is 0 Å². The predicted molar refractivity (Wildman–Crippen MR) is 69.2 cm³/mol. The standard InChI is InChI=1S/C13H25NO3/c1-4-12(13(15)16)7-9-14-8-5-6-10-17-11(2)3/h7,11,14H,4-6,8-10H2,1-3H3,(H,15,16). The highest BCUT2D eigenvalue weighted by molar-refractivity contribution is 5.86. The number of ether oxygens (including phenoxy) is 1. The average Bonchev–Trinajstić information content (AvgIpc) is 2.26. The van der Waals surface area contributed by atoms with Gasteiger partial charge in [-0.15, -0.1) is 0 Å². The van der Waals surface area contributed by atoms with Gasteiger partial charge in [-0.05, 0) is 39.7 Å². The van der Waals surface area contributed by atoms with Gasteiger partial charge in [0.25, 0.3) is 0 Å². The van der Waals surface area contributed by atoms with Crippen molar-refractivity contribution in [2.24, 2.45) is 0 Å². The van der Waals surface area contributed by atoms with Gasteiger partial charge in [-0.2, -0.15) is 0 Å². The first-order valence-electron chi connectivity index (χ1n) is 6.32. The number of hydrogen-bond donors (Lipinski definition) is 2. The van der Waals surface area contributed by atoms with Crippen molar-refractivity contribution in [1.29, 1.82) is 0 Å². The van der Waals surface area contributed by atoms with E-state index in [1.54, 1.807) is 6.08 Å². The molecule has 0 spiro atoms. The van der Waals surface area contributed by atoms with Gasteiger partial charge in [0.05, 0.1) is 6.10 Å². The smallest absolute Gasteiger partial charge is 0.331 e. The van der Waals surface area contributed by atoms with E-state index in [2.05, 4.69) is 5.32 Å². The summed E-state index contributed by atoms with van der Waals surface area (Å²) in [5.74, 6) is -0.820. The Morgan fingerprint density at radius 2 is 2.12 bits per heavy atom. The lowest BCUT2D eigenvalue weighted by atomic mass is 10.2. The van der Waals surface area contributed by atoms with Crippen LogP contribution in [0.25, 0.3) is 0 Å². The van der Waals surface area contributed by atoms with Crippen molar-refractivity contribution in [2.45, 2.75) is 46.1 Å². The lowest BCUT2D eigenvalue weighted by Crippen LogP contribution is -2.17. The van der Waals surface area contributed by atoms with Gasteiger partial charge >= 0.3 is 5.97 Å². The molecule has 0 unspecified atom stereocenters. The molecule has 0 aliphatic rings. The van der Waals surface area contributed by atoms with Gasteiger partial charge in [0.2, 0.25) is 0 Å². The molecule has 0 bridgehead atoms. The van der Waals surface area contributed by atoms with Crippen molar-refractivity contribution in [1.82, 2.24) is 5.32 Å². The second kappa shape index (κ2) is 10.3. The van der Waals surface area contributed by atoms with Crippen LogP contribution in [0.1, 0.15) is 40.0 Å². The van der Waals surface area contributed by atoms with Gasteiger partial charge in [-0.25, -0.2) is 4.79 Å². The minimum Gasteiger partial charge on any atom is -0.478 e. The predicted octanol–water partition coefficient (Wildman–Crippen LogP) is 2.20. The summed E-state index contributed by atoms with van der Waals surface area (Å²) in [6.07, 6.45) is 4.70. The molecule has 17 heavy (non-hydrogen) atoms. The molecule has 0 aliphatic heterocycles. The minimum absolute atomic E-state index is 0.300. The number of aliphatic carboxylic acids is 1. The van der Waals surface area contributed by atoms with Crippen molar-refractivity contribution in [3.05, 3.63) is 11.6 Å². The summed E-state index contributed by atoms with van der Waals surface area (Å²) in [4.78, 5) is 10.7. The summed E-state index contributed by atoms with van der Waals surface area (Å²) >= 11 is 0. The van der Waals surface area contributed by atoms with E-state index in [0.717, 1.165) is 26.0 Å². The second-order valence-corrected chi connectivity index (χ2v) is 4.22. The molecule has 0 aliphatic carbocycles. The Morgan fingerprint density at radius 3 is 2.65 bits per heavy atom. The highest BCUT2D eigenvalue weighted by atomic mass is 16.5. The molecule has 0 amide bonds. The van der Waals surface area contributed by atoms with Gasteiger partial charge in [0, 0.05) is 18.7 Å². The third-order valence-electron chi connectivity index (χ3n) is 2.35. The van der Waals surface area contributed by atoms with Gasteiger partial charge in [0.1, 0.15) is 0 Å². The fourth-order valence-corrected chi connectivity index (χ4v) is 1.35. The van der Waals surface area contributed by atoms with Crippen LogP contribution in [-0.2, 0) is 9.53 Å². The first-order chi connectivity index (χ1) is 8.07. The van der Waals surface area contributed by atoms with Gasteiger partial charge in [0.15, 0.2) is 0 Å². The molecule has 0 aromatic rings. The molecule has 0 rings (SSSR count). The van der Waals surface area contributed by atoms with Crippen LogP contribution in [0.5, 0.6) is 0 Å². The summed E-state index contributed by atoms with van der Waals surface area (Å²) in [5, 5.41) is 12.0. The monoisotopic (exact) mass is 243 g/mol. The summed E-state index contributed by atoms with van der Waals surface area (Å²) in [6, 6.07) is 0. The highest BCUT2D eigenvalue weighted by Crippen LogP contribution is 1.99. The van der Waals surface area contributed by atoms with Crippen LogP contribution in [0.2, 0.25) is 0 Å². The molecule has 0 saturated heterocycles. The third kappa shape index (κ3) is 10.0. The Balaban J connectivity index is 3.42. The average molecular weight is 243 g/mol. The summed E-state index contributed by atoms with van der Waals surface area (Å²) < 4.78 is 5.42. The van der Waals surface area contributed by atoms with Crippen LogP contribution < -0.4 is 5.32 Å². The van der Waals surface area contributed by atoms with Crippen molar-refractivity contribution < 1.29 is 14.6 Å². The normalized spacial score (nSPS) is 12.1. The Morgan fingerprint density at radius 1 is 1.41 bits per heavy atom. The molecule has 2 N–H and O–H groups in total. The van der Waals surface area contributed by atoms with Crippen molar-refractivity contribution in [3.8, 4) is 0 Å². The van der Waals surface area contributed by atoms with E-state index in [0.29, 0.717) is 24.6 Å². The zero-order valence-electron chi connectivity index (χ0n) is 11.2. The first kappa shape index (κ1) is 16.1. The number of carbonyl (C=O) groups is 1. The number of hydrogen-bond acceptors (Lipinski definition) is 3. The molecule has 0 aromatic carbocycles. The van der Waals surface area contributed by atoms with E-state index in [1.165, 1.54) is 0 Å². The van der Waals surface area contributed by atoms with Crippen LogP contribution >= 0.6 is 0 Å². The van der Waals surface area contributed by atoms with Gasteiger partial charge in [-0.1, -0.05) is 13.0 Å². The molecule has 0 saturated carbocycles. The van der Waals surface area contributed by atoms with Crippen LogP contribution in [0.3, 0.4) is 0 Å². The Kier molecular flexibility index (Phi) is 9.77. The number of rotatable bonds is 10.